The number of Topliss-reactive ketones (excluding diaryl/α,β-unsaturated/α-hetero) is 1. The van der Waals surface area contributed by atoms with Crippen LogP contribution >= 0.6 is 23.4 Å². The van der Waals surface area contributed by atoms with Crippen molar-refractivity contribution in [3.63, 3.8) is 0 Å². The molecule has 1 amide bonds. The molecule has 0 saturated carbocycles. The Kier molecular flexibility index (Phi) is 5.71. The molecular weight excluding hydrogens is 368 g/mol. The Labute approximate surface area is 160 Å². The monoisotopic (exact) mass is 382 g/mol. The van der Waals surface area contributed by atoms with Crippen molar-refractivity contribution in [1.82, 2.24) is 4.98 Å². The number of anilines is 1. The second-order valence-corrected chi connectivity index (χ2v) is 7.00. The van der Waals surface area contributed by atoms with Gasteiger partial charge in [0.1, 0.15) is 5.03 Å². The van der Waals surface area contributed by atoms with Crippen LogP contribution in [0.3, 0.4) is 0 Å². The molecule has 0 saturated heterocycles. The van der Waals surface area contributed by atoms with Crippen LogP contribution in [0.2, 0.25) is 5.02 Å². The van der Waals surface area contributed by atoms with E-state index in [4.69, 9.17) is 11.6 Å². The normalized spacial score (nSPS) is 10.4. The molecular formula is C20H15ClN2O2S. The summed E-state index contributed by atoms with van der Waals surface area (Å²) < 4.78 is 0. The zero-order chi connectivity index (χ0) is 18.5. The fourth-order valence-corrected chi connectivity index (χ4v) is 3.28. The standard InChI is InChI=1S/C20H15ClN2O2S/c1-13(24)14-4-2-5-16(12-14)23-19(25)18-6-3-11-22-20(18)26-17-9-7-15(21)8-10-17/h2-12H,1H3,(H,23,25). The van der Waals surface area contributed by atoms with Gasteiger partial charge < -0.3 is 5.32 Å². The molecule has 3 aromatic rings. The van der Waals surface area contributed by atoms with E-state index < -0.39 is 0 Å². The van der Waals surface area contributed by atoms with Crippen LogP contribution in [-0.2, 0) is 0 Å². The molecule has 0 aliphatic carbocycles. The van der Waals surface area contributed by atoms with E-state index in [-0.39, 0.29) is 11.7 Å². The van der Waals surface area contributed by atoms with Gasteiger partial charge in [-0.15, -0.1) is 0 Å². The van der Waals surface area contributed by atoms with E-state index in [1.807, 2.05) is 12.1 Å². The van der Waals surface area contributed by atoms with Gasteiger partial charge in [-0.3, -0.25) is 9.59 Å². The molecule has 0 bridgehead atoms. The van der Waals surface area contributed by atoms with Crippen LogP contribution in [0.4, 0.5) is 5.69 Å². The molecule has 4 nitrogen and oxygen atoms in total. The highest BCUT2D eigenvalue weighted by Crippen LogP contribution is 2.30. The lowest BCUT2D eigenvalue weighted by Crippen LogP contribution is -2.14. The van der Waals surface area contributed by atoms with E-state index in [1.54, 1.807) is 54.7 Å². The molecule has 2 aromatic carbocycles. The molecule has 1 heterocycles. The first-order valence-corrected chi connectivity index (χ1v) is 9.03. The van der Waals surface area contributed by atoms with Crippen LogP contribution in [0.25, 0.3) is 0 Å². The van der Waals surface area contributed by atoms with Crippen molar-refractivity contribution in [3.8, 4) is 0 Å². The Morgan fingerprint density at radius 1 is 1.04 bits per heavy atom. The van der Waals surface area contributed by atoms with E-state index >= 15 is 0 Å². The van der Waals surface area contributed by atoms with Gasteiger partial charge in [0.05, 0.1) is 5.56 Å². The number of benzene rings is 2. The Balaban J connectivity index is 1.82. The summed E-state index contributed by atoms with van der Waals surface area (Å²) in [6.45, 7) is 1.49. The third-order valence-corrected chi connectivity index (χ3v) is 4.85. The number of hydrogen-bond donors (Lipinski definition) is 1. The summed E-state index contributed by atoms with van der Waals surface area (Å²) in [5, 5.41) is 4.07. The second kappa shape index (κ2) is 8.17. The van der Waals surface area contributed by atoms with Gasteiger partial charge in [0, 0.05) is 27.4 Å². The third kappa shape index (κ3) is 4.50. The summed E-state index contributed by atoms with van der Waals surface area (Å²) in [6.07, 6.45) is 1.64. The summed E-state index contributed by atoms with van der Waals surface area (Å²) in [4.78, 5) is 29.4. The fourth-order valence-electron chi connectivity index (χ4n) is 2.27. The van der Waals surface area contributed by atoms with Crippen LogP contribution in [0.5, 0.6) is 0 Å². The maximum Gasteiger partial charge on any atom is 0.258 e. The van der Waals surface area contributed by atoms with Crippen molar-refractivity contribution in [1.29, 1.82) is 0 Å². The van der Waals surface area contributed by atoms with Crippen molar-refractivity contribution < 1.29 is 9.59 Å². The molecule has 0 aliphatic heterocycles. The van der Waals surface area contributed by atoms with Crippen LogP contribution in [-0.4, -0.2) is 16.7 Å². The molecule has 0 unspecified atom stereocenters. The van der Waals surface area contributed by atoms with Crippen LogP contribution in [0.1, 0.15) is 27.6 Å². The first kappa shape index (κ1) is 18.2. The van der Waals surface area contributed by atoms with E-state index in [0.29, 0.717) is 26.9 Å². The number of rotatable bonds is 5. The number of ketones is 1. The summed E-state index contributed by atoms with van der Waals surface area (Å²) in [5.41, 5.74) is 1.57. The molecule has 130 valence electrons. The summed E-state index contributed by atoms with van der Waals surface area (Å²) in [6, 6.07) is 17.6. The molecule has 26 heavy (non-hydrogen) atoms. The third-order valence-electron chi connectivity index (χ3n) is 3.57. The molecule has 0 spiro atoms. The first-order chi connectivity index (χ1) is 12.5. The molecule has 0 radical (unpaired) electrons. The quantitative estimate of drug-likeness (QED) is 0.605. The van der Waals surface area contributed by atoms with Gasteiger partial charge >= 0.3 is 0 Å². The van der Waals surface area contributed by atoms with Crippen LogP contribution < -0.4 is 5.32 Å². The zero-order valence-corrected chi connectivity index (χ0v) is 15.5. The highest BCUT2D eigenvalue weighted by molar-refractivity contribution is 7.99. The van der Waals surface area contributed by atoms with E-state index in [2.05, 4.69) is 10.3 Å². The molecule has 0 aliphatic rings. The minimum absolute atomic E-state index is 0.0542. The average molecular weight is 383 g/mol. The lowest BCUT2D eigenvalue weighted by Gasteiger charge is -2.10. The number of pyridine rings is 1. The number of nitrogens with one attached hydrogen (secondary N) is 1. The maximum absolute atomic E-state index is 12.7. The maximum atomic E-state index is 12.7. The smallest absolute Gasteiger partial charge is 0.258 e. The second-order valence-electron chi connectivity index (χ2n) is 5.50. The number of amides is 1. The Morgan fingerprint density at radius 2 is 1.81 bits per heavy atom. The van der Waals surface area contributed by atoms with Gasteiger partial charge in [-0.2, -0.15) is 0 Å². The fraction of sp³-hybridized carbons (Fsp3) is 0.0500. The largest absolute Gasteiger partial charge is 0.322 e. The van der Waals surface area contributed by atoms with Gasteiger partial charge in [0.15, 0.2) is 5.78 Å². The van der Waals surface area contributed by atoms with Crippen LogP contribution in [0.15, 0.2) is 76.8 Å². The number of halogens is 1. The van der Waals surface area contributed by atoms with E-state index in [0.717, 1.165) is 4.90 Å². The SMILES string of the molecule is CC(=O)c1cccc(NC(=O)c2cccnc2Sc2ccc(Cl)cc2)c1. The van der Waals surface area contributed by atoms with Gasteiger partial charge in [-0.05, 0) is 55.5 Å². The summed E-state index contributed by atoms with van der Waals surface area (Å²) in [5.74, 6) is -0.336. The zero-order valence-electron chi connectivity index (χ0n) is 13.9. The van der Waals surface area contributed by atoms with Crippen molar-refractivity contribution in [2.45, 2.75) is 16.8 Å². The minimum Gasteiger partial charge on any atom is -0.322 e. The predicted molar refractivity (Wildman–Crippen MR) is 104 cm³/mol. The lowest BCUT2D eigenvalue weighted by molar-refractivity contribution is 0.101. The molecule has 0 fully saturated rings. The molecule has 0 atom stereocenters. The van der Waals surface area contributed by atoms with Crippen molar-refractivity contribution in [2.75, 3.05) is 5.32 Å². The topological polar surface area (TPSA) is 59.1 Å². The number of hydrogen-bond acceptors (Lipinski definition) is 4. The molecule has 6 heteroatoms. The first-order valence-electron chi connectivity index (χ1n) is 7.84. The Morgan fingerprint density at radius 3 is 2.54 bits per heavy atom. The molecule has 3 rings (SSSR count). The van der Waals surface area contributed by atoms with Crippen molar-refractivity contribution in [2.24, 2.45) is 0 Å². The van der Waals surface area contributed by atoms with E-state index in [9.17, 15) is 9.59 Å². The average Bonchev–Trinajstić information content (AvgIpc) is 2.64. The number of nitrogens with zero attached hydrogens (tertiary/aromatic N) is 1. The molecule has 1 N–H and O–H groups in total. The van der Waals surface area contributed by atoms with Gasteiger partial charge in [-0.25, -0.2) is 4.98 Å². The lowest BCUT2D eigenvalue weighted by atomic mass is 10.1. The predicted octanol–water partition coefficient (Wildman–Crippen LogP) is 5.34. The van der Waals surface area contributed by atoms with Gasteiger partial charge in [0.2, 0.25) is 0 Å². The Hall–Kier alpha value is -2.63. The number of aromatic nitrogens is 1. The highest BCUT2D eigenvalue weighted by atomic mass is 35.5. The highest BCUT2D eigenvalue weighted by Gasteiger charge is 2.14. The number of carbonyl (C=O) groups is 2. The van der Waals surface area contributed by atoms with Gasteiger partial charge in [-0.1, -0.05) is 35.5 Å². The van der Waals surface area contributed by atoms with Crippen molar-refractivity contribution >= 4 is 40.7 Å². The summed E-state index contributed by atoms with van der Waals surface area (Å²) in [7, 11) is 0. The van der Waals surface area contributed by atoms with Gasteiger partial charge in [0.25, 0.3) is 5.91 Å². The Bertz CT molecular complexity index is 958. The summed E-state index contributed by atoms with van der Waals surface area (Å²) >= 11 is 7.29. The minimum atomic E-state index is -0.282. The number of carbonyl (C=O) groups excluding carboxylic acids is 2. The molecule has 1 aromatic heterocycles. The van der Waals surface area contributed by atoms with E-state index in [1.165, 1.54) is 18.7 Å². The van der Waals surface area contributed by atoms with Crippen LogP contribution in [0, 0.1) is 0 Å². The van der Waals surface area contributed by atoms with Crippen molar-refractivity contribution in [3.05, 3.63) is 83.0 Å².